The van der Waals surface area contributed by atoms with Crippen LogP contribution in [-0.2, 0) is 0 Å². The highest BCUT2D eigenvalue weighted by atomic mass is 127. The van der Waals surface area contributed by atoms with E-state index in [2.05, 4.69) is 68.1 Å². The molecule has 1 unspecified atom stereocenters. The van der Waals surface area contributed by atoms with E-state index in [1.165, 1.54) is 3.57 Å². The van der Waals surface area contributed by atoms with E-state index in [4.69, 9.17) is 4.74 Å². The second kappa shape index (κ2) is 6.15. The number of thiol groups is 1. The Bertz CT molecular complexity index is 316. The van der Waals surface area contributed by atoms with Crippen LogP contribution in [0.2, 0.25) is 0 Å². The van der Waals surface area contributed by atoms with Crippen LogP contribution < -0.4 is 4.74 Å². The molecule has 0 heterocycles. The van der Waals surface area contributed by atoms with Crippen LogP contribution in [-0.4, -0.2) is 12.4 Å². The van der Waals surface area contributed by atoms with Gasteiger partial charge in [-0.25, -0.2) is 0 Å². The third-order valence-electron chi connectivity index (χ3n) is 2.71. The van der Waals surface area contributed by atoms with Crippen molar-refractivity contribution in [3.63, 3.8) is 0 Å². The maximum Gasteiger partial charge on any atom is 0.119 e. The second-order valence-corrected chi connectivity index (χ2v) is 6.62. The van der Waals surface area contributed by atoms with Gasteiger partial charge in [0.15, 0.2) is 0 Å². The van der Waals surface area contributed by atoms with Crippen molar-refractivity contribution in [3.05, 3.63) is 27.8 Å². The van der Waals surface area contributed by atoms with Gasteiger partial charge in [0.1, 0.15) is 5.75 Å². The molecular weight excluding hydrogens is 331 g/mol. The lowest BCUT2D eigenvalue weighted by atomic mass is 9.82. The van der Waals surface area contributed by atoms with Crippen molar-refractivity contribution in [1.82, 2.24) is 0 Å². The SMILES string of the molecule is CC(C)(C)C(CS)COc1ccc(I)cc1. The topological polar surface area (TPSA) is 9.23 Å². The molecule has 0 saturated heterocycles. The third-order valence-corrected chi connectivity index (χ3v) is 3.87. The van der Waals surface area contributed by atoms with E-state index in [0.29, 0.717) is 5.92 Å². The van der Waals surface area contributed by atoms with Gasteiger partial charge in [0.25, 0.3) is 0 Å². The monoisotopic (exact) mass is 350 g/mol. The first kappa shape index (κ1) is 14.2. The van der Waals surface area contributed by atoms with E-state index >= 15 is 0 Å². The van der Waals surface area contributed by atoms with Gasteiger partial charge in [-0.05, 0) is 58.0 Å². The maximum absolute atomic E-state index is 5.79. The average Bonchev–Trinajstić information content (AvgIpc) is 2.19. The summed E-state index contributed by atoms with van der Waals surface area (Å²) >= 11 is 6.68. The minimum atomic E-state index is 0.241. The van der Waals surface area contributed by atoms with Crippen LogP contribution in [0.1, 0.15) is 20.8 Å². The van der Waals surface area contributed by atoms with Crippen molar-refractivity contribution in [1.29, 1.82) is 0 Å². The first-order valence-electron chi connectivity index (χ1n) is 5.42. The van der Waals surface area contributed by atoms with Crippen molar-refractivity contribution in [2.75, 3.05) is 12.4 Å². The van der Waals surface area contributed by atoms with Crippen LogP contribution in [0.3, 0.4) is 0 Å². The Hall–Kier alpha value is 0.1000. The fraction of sp³-hybridized carbons (Fsp3) is 0.538. The predicted molar refractivity (Wildman–Crippen MR) is 81.5 cm³/mol. The lowest BCUT2D eigenvalue weighted by Crippen LogP contribution is -2.28. The molecule has 0 amide bonds. The second-order valence-electron chi connectivity index (χ2n) is 5.01. The molecule has 0 radical (unpaired) electrons. The molecule has 0 aliphatic carbocycles. The minimum Gasteiger partial charge on any atom is -0.493 e. The number of hydrogen-bond donors (Lipinski definition) is 1. The van der Waals surface area contributed by atoms with Crippen molar-refractivity contribution in [2.24, 2.45) is 11.3 Å². The van der Waals surface area contributed by atoms with Gasteiger partial charge >= 0.3 is 0 Å². The standard InChI is InChI=1S/C13H19IOS/c1-13(2,3)10(9-16)8-15-12-6-4-11(14)5-7-12/h4-7,10,16H,8-9H2,1-3H3. The molecule has 1 aromatic rings. The number of benzene rings is 1. The van der Waals surface area contributed by atoms with Gasteiger partial charge in [0.2, 0.25) is 0 Å². The van der Waals surface area contributed by atoms with E-state index in [9.17, 15) is 0 Å². The molecule has 0 spiro atoms. The largest absolute Gasteiger partial charge is 0.493 e. The van der Waals surface area contributed by atoms with Gasteiger partial charge in [0.05, 0.1) is 6.61 Å². The molecule has 0 aromatic heterocycles. The molecule has 0 aliphatic heterocycles. The highest BCUT2D eigenvalue weighted by molar-refractivity contribution is 14.1. The number of halogens is 1. The molecule has 1 rings (SSSR count). The molecule has 0 aliphatic rings. The van der Waals surface area contributed by atoms with E-state index in [-0.39, 0.29) is 5.41 Å². The van der Waals surface area contributed by atoms with Crippen LogP contribution in [0.15, 0.2) is 24.3 Å². The highest BCUT2D eigenvalue weighted by Gasteiger charge is 2.23. The Kier molecular flexibility index (Phi) is 5.44. The zero-order valence-electron chi connectivity index (χ0n) is 10.0. The summed E-state index contributed by atoms with van der Waals surface area (Å²) in [5.74, 6) is 2.26. The van der Waals surface area contributed by atoms with Crippen molar-refractivity contribution >= 4 is 35.2 Å². The molecule has 3 heteroatoms. The molecule has 1 atom stereocenters. The smallest absolute Gasteiger partial charge is 0.119 e. The van der Waals surface area contributed by atoms with E-state index < -0.39 is 0 Å². The molecule has 1 aromatic carbocycles. The third kappa shape index (κ3) is 4.53. The summed E-state index contributed by atoms with van der Waals surface area (Å²) in [5, 5.41) is 0. The van der Waals surface area contributed by atoms with Crippen LogP contribution in [0.5, 0.6) is 5.75 Å². The van der Waals surface area contributed by atoms with Gasteiger partial charge in [-0.3, -0.25) is 0 Å². The van der Waals surface area contributed by atoms with Crippen molar-refractivity contribution in [3.8, 4) is 5.75 Å². The average molecular weight is 350 g/mol. The summed E-state index contributed by atoms with van der Waals surface area (Å²) in [6, 6.07) is 8.14. The van der Waals surface area contributed by atoms with Gasteiger partial charge in [-0.1, -0.05) is 20.8 Å². The Morgan fingerprint density at radius 2 is 1.81 bits per heavy atom. The molecule has 0 bridgehead atoms. The number of ether oxygens (including phenoxy) is 1. The summed E-state index contributed by atoms with van der Waals surface area (Å²) in [4.78, 5) is 0. The summed E-state index contributed by atoms with van der Waals surface area (Å²) in [6.45, 7) is 7.41. The fourth-order valence-corrected chi connectivity index (χ4v) is 2.32. The number of rotatable bonds is 4. The Labute approximate surface area is 118 Å². The van der Waals surface area contributed by atoms with Crippen LogP contribution in [0.4, 0.5) is 0 Å². The van der Waals surface area contributed by atoms with Crippen LogP contribution in [0.25, 0.3) is 0 Å². The van der Waals surface area contributed by atoms with Crippen LogP contribution in [0, 0.1) is 14.9 Å². The lowest BCUT2D eigenvalue weighted by Gasteiger charge is -2.29. The lowest BCUT2D eigenvalue weighted by molar-refractivity contribution is 0.165. The van der Waals surface area contributed by atoms with Gasteiger partial charge < -0.3 is 4.74 Å². The van der Waals surface area contributed by atoms with E-state index in [1.807, 2.05) is 12.1 Å². The zero-order valence-corrected chi connectivity index (χ0v) is 13.1. The van der Waals surface area contributed by atoms with E-state index in [1.54, 1.807) is 0 Å². The maximum atomic E-state index is 5.79. The summed E-state index contributed by atoms with van der Waals surface area (Å²) in [7, 11) is 0. The first-order chi connectivity index (χ1) is 7.43. The quantitative estimate of drug-likeness (QED) is 0.631. The van der Waals surface area contributed by atoms with Crippen LogP contribution >= 0.6 is 35.2 Å². The van der Waals surface area contributed by atoms with Crippen molar-refractivity contribution < 1.29 is 4.74 Å². The van der Waals surface area contributed by atoms with Gasteiger partial charge in [0, 0.05) is 9.49 Å². The molecule has 90 valence electrons. The van der Waals surface area contributed by atoms with E-state index in [0.717, 1.165) is 18.1 Å². The van der Waals surface area contributed by atoms with Gasteiger partial charge in [-0.15, -0.1) is 0 Å². The predicted octanol–water partition coefficient (Wildman–Crippen LogP) is 4.26. The summed E-state index contributed by atoms with van der Waals surface area (Å²) < 4.78 is 7.02. The number of hydrogen-bond acceptors (Lipinski definition) is 2. The normalized spacial score (nSPS) is 13.6. The molecule has 16 heavy (non-hydrogen) atoms. The Balaban J connectivity index is 2.53. The molecule has 0 saturated carbocycles. The molecule has 0 N–H and O–H groups in total. The van der Waals surface area contributed by atoms with Crippen molar-refractivity contribution in [2.45, 2.75) is 20.8 Å². The minimum absolute atomic E-state index is 0.241. The Morgan fingerprint density at radius 1 is 1.25 bits per heavy atom. The Morgan fingerprint density at radius 3 is 2.25 bits per heavy atom. The summed E-state index contributed by atoms with van der Waals surface area (Å²) in [6.07, 6.45) is 0. The first-order valence-corrected chi connectivity index (χ1v) is 7.14. The fourth-order valence-electron chi connectivity index (χ4n) is 1.30. The molecular formula is C13H19IOS. The van der Waals surface area contributed by atoms with Gasteiger partial charge in [-0.2, -0.15) is 12.6 Å². The zero-order chi connectivity index (χ0) is 12.2. The molecule has 0 fully saturated rings. The highest BCUT2D eigenvalue weighted by Crippen LogP contribution is 2.27. The molecule has 1 nitrogen and oxygen atoms in total. The summed E-state index contributed by atoms with van der Waals surface area (Å²) in [5.41, 5.74) is 0.241.